The molecule has 1 unspecified atom stereocenters. The first-order valence-electron chi connectivity index (χ1n) is 8.10. The largest absolute Gasteiger partial charge is 0.341 e. The second-order valence-electron chi connectivity index (χ2n) is 6.64. The fourth-order valence-corrected chi connectivity index (χ4v) is 3.52. The Labute approximate surface area is 118 Å². The predicted molar refractivity (Wildman–Crippen MR) is 79.1 cm³/mol. The minimum absolute atomic E-state index is 0.0689. The summed E-state index contributed by atoms with van der Waals surface area (Å²) in [4.78, 5) is 17.0. The lowest BCUT2D eigenvalue weighted by molar-refractivity contribution is -0.138. The molecule has 0 aromatic heterocycles. The summed E-state index contributed by atoms with van der Waals surface area (Å²) in [6.07, 6.45) is 8.81. The zero-order valence-electron chi connectivity index (χ0n) is 12.9. The van der Waals surface area contributed by atoms with E-state index in [4.69, 9.17) is 0 Å². The molecule has 1 amide bonds. The lowest BCUT2D eigenvalue weighted by Gasteiger charge is -2.38. The minimum Gasteiger partial charge on any atom is -0.341 e. The number of carbonyl (C=O) groups is 1. The van der Waals surface area contributed by atoms with Gasteiger partial charge in [-0.15, -0.1) is 0 Å². The van der Waals surface area contributed by atoms with Gasteiger partial charge in [0.15, 0.2) is 0 Å². The van der Waals surface area contributed by atoms with Crippen molar-refractivity contribution in [1.82, 2.24) is 9.80 Å². The fourth-order valence-electron chi connectivity index (χ4n) is 3.52. The van der Waals surface area contributed by atoms with Crippen LogP contribution < -0.4 is 0 Å². The van der Waals surface area contributed by atoms with Crippen molar-refractivity contribution in [3.05, 3.63) is 0 Å². The quantitative estimate of drug-likeness (QED) is 0.784. The summed E-state index contributed by atoms with van der Waals surface area (Å²) in [5, 5.41) is 0. The van der Waals surface area contributed by atoms with Crippen molar-refractivity contribution in [2.75, 3.05) is 20.1 Å². The van der Waals surface area contributed by atoms with E-state index in [9.17, 15) is 4.79 Å². The number of hydrogen-bond donors (Lipinski definition) is 0. The Hall–Kier alpha value is -0.570. The molecule has 1 aliphatic heterocycles. The van der Waals surface area contributed by atoms with Crippen LogP contribution in [0, 0.1) is 5.92 Å². The molecule has 110 valence electrons. The van der Waals surface area contributed by atoms with Crippen molar-refractivity contribution in [1.29, 1.82) is 0 Å². The van der Waals surface area contributed by atoms with Crippen molar-refractivity contribution in [2.45, 2.75) is 70.9 Å². The molecular weight excluding hydrogens is 236 g/mol. The zero-order chi connectivity index (χ0) is 13.8. The summed E-state index contributed by atoms with van der Waals surface area (Å²) in [5.41, 5.74) is 0. The maximum absolute atomic E-state index is 12.6. The lowest BCUT2D eigenvalue weighted by atomic mass is 9.93. The molecule has 0 spiro atoms. The second kappa shape index (κ2) is 6.74. The van der Waals surface area contributed by atoms with Crippen LogP contribution in [0.5, 0.6) is 0 Å². The normalized spacial score (nSPS) is 25.2. The highest BCUT2D eigenvalue weighted by Gasteiger charge is 2.30. The van der Waals surface area contributed by atoms with Crippen LogP contribution in [0.1, 0.15) is 58.8 Å². The molecule has 0 bridgehead atoms. The van der Waals surface area contributed by atoms with E-state index >= 15 is 0 Å². The van der Waals surface area contributed by atoms with E-state index in [0.29, 0.717) is 11.9 Å². The summed E-state index contributed by atoms with van der Waals surface area (Å²) >= 11 is 0. The maximum Gasteiger partial charge on any atom is 0.239 e. The topological polar surface area (TPSA) is 23.6 Å². The molecule has 0 N–H and O–H groups in total. The van der Waals surface area contributed by atoms with Gasteiger partial charge < -0.3 is 4.90 Å². The Bertz CT molecular complexity index is 291. The molecule has 3 heteroatoms. The van der Waals surface area contributed by atoms with Crippen LogP contribution in [0.15, 0.2) is 0 Å². The number of nitrogens with zero attached hydrogens (tertiary/aromatic N) is 2. The van der Waals surface area contributed by atoms with Crippen molar-refractivity contribution in [3.8, 4) is 0 Å². The van der Waals surface area contributed by atoms with Gasteiger partial charge in [0, 0.05) is 13.1 Å². The van der Waals surface area contributed by atoms with Gasteiger partial charge in [0.25, 0.3) is 0 Å². The number of rotatable bonds is 3. The molecule has 19 heavy (non-hydrogen) atoms. The molecule has 1 heterocycles. The molecule has 1 saturated carbocycles. The van der Waals surface area contributed by atoms with Gasteiger partial charge in [-0.05, 0) is 51.6 Å². The summed E-state index contributed by atoms with van der Waals surface area (Å²) < 4.78 is 0. The highest BCUT2D eigenvalue weighted by Crippen LogP contribution is 2.24. The summed E-state index contributed by atoms with van der Waals surface area (Å²) in [6, 6.07) is 0.562. The van der Waals surface area contributed by atoms with E-state index in [1.165, 1.54) is 44.9 Å². The van der Waals surface area contributed by atoms with Crippen molar-refractivity contribution in [2.24, 2.45) is 5.92 Å². The summed E-state index contributed by atoms with van der Waals surface area (Å²) in [5.74, 6) is 1.16. The predicted octanol–water partition coefficient (Wildman–Crippen LogP) is 2.90. The number of likely N-dealkylation sites (N-methyl/N-ethyl adjacent to an activating group) is 1. The first-order chi connectivity index (χ1) is 9.09. The third kappa shape index (κ3) is 3.71. The minimum atomic E-state index is 0.0689. The first kappa shape index (κ1) is 14.8. The maximum atomic E-state index is 12.6. The fraction of sp³-hybridized carbons (Fsp3) is 0.938. The molecule has 2 rings (SSSR count). The number of likely N-dealkylation sites (tertiary alicyclic amines) is 1. The van der Waals surface area contributed by atoms with Crippen LogP contribution >= 0.6 is 0 Å². The molecule has 1 atom stereocenters. The number of hydrogen-bond acceptors (Lipinski definition) is 2. The van der Waals surface area contributed by atoms with Crippen molar-refractivity contribution >= 4 is 5.91 Å². The molecule has 3 nitrogen and oxygen atoms in total. The zero-order valence-corrected chi connectivity index (χ0v) is 12.9. The van der Waals surface area contributed by atoms with Gasteiger partial charge in [-0.25, -0.2) is 0 Å². The standard InChI is InChI=1S/C16H30N2O/c1-13-9-11-18(12-10-13)14(2)16(19)17(3)15-7-5-4-6-8-15/h13-15H,4-12H2,1-3H3. The molecule has 1 saturated heterocycles. The molecule has 2 fully saturated rings. The number of amides is 1. The van der Waals surface area contributed by atoms with E-state index in [2.05, 4.69) is 18.7 Å². The van der Waals surface area contributed by atoms with Gasteiger partial charge in [0.05, 0.1) is 6.04 Å². The van der Waals surface area contributed by atoms with Crippen LogP contribution in [-0.4, -0.2) is 47.9 Å². The Morgan fingerprint density at radius 1 is 1.11 bits per heavy atom. The highest BCUT2D eigenvalue weighted by molar-refractivity contribution is 5.81. The van der Waals surface area contributed by atoms with E-state index in [1.54, 1.807) is 0 Å². The van der Waals surface area contributed by atoms with Crippen molar-refractivity contribution in [3.63, 3.8) is 0 Å². The van der Waals surface area contributed by atoms with Crippen molar-refractivity contribution < 1.29 is 4.79 Å². The smallest absolute Gasteiger partial charge is 0.239 e. The monoisotopic (exact) mass is 266 g/mol. The summed E-state index contributed by atoms with van der Waals surface area (Å²) in [7, 11) is 2.02. The molecular formula is C16H30N2O. The first-order valence-corrected chi connectivity index (χ1v) is 8.10. The van der Waals surface area contributed by atoms with Crippen LogP contribution in [0.4, 0.5) is 0 Å². The van der Waals surface area contributed by atoms with E-state index in [1.807, 2.05) is 11.9 Å². The SMILES string of the molecule is CC1CCN(C(C)C(=O)N(C)C2CCCCC2)CC1. The molecule has 0 radical (unpaired) electrons. The molecule has 0 aromatic rings. The highest BCUT2D eigenvalue weighted by atomic mass is 16.2. The van der Waals surface area contributed by atoms with Crippen LogP contribution in [0.3, 0.4) is 0 Å². The van der Waals surface area contributed by atoms with Gasteiger partial charge in [-0.1, -0.05) is 26.2 Å². The van der Waals surface area contributed by atoms with Crippen LogP contribution in [-0.2, 0) is 4.79 Å². The Morgan fingerprint density at radius 2 is 1.68 bits per heavy atom. The van der Waals surface area contributed by atoms with E-state index in [-0.39, 0.29) is 6.04 Å². The van der Waals surface area contributed by atoms with Gasteiger partial charge in [-0.2, -0.15) is 0 Å². The van der Waals surface area contributed by atoms with Gasteiger partial charge in [0.2, 0.25) is 5.91 Å². The molecule has 1 aliphatic carbocycles. The van der Waals surface area contributed by atoms with Crippen LogP contribution in [0.25, 0.3) is 0 Å². The third-order valence-electron chi connectivity index (χ3n) is 5.19. The molecule has 0 aromatic carbocycles. The van der Waals surface area contributed by atoms with Gasteiger partial charge >= 0.3 is 0 Å². The Morgan fingerprint density at radius 3 is 2.26 bits per heavy atom. The third-order valence-corrected chi connectivity index (χ3v) is 5.19. The number of piperidine rings is 1. The average Bonchev–Trinajstić information content (AvgIpc) is 2.46. The van der Waals surface area contributed by atoms with Gasteiger partial charge in [-0.3, -0.25) is 9.69 Å². The summed E-state index contributed by atoms with van der Waals surface area (Å²) in [6.45, 7) is 6.59. The van der Waals surface area contributed by atoms with Crippen LogP contribution in [0.2, 0.25) is 0 Å². The van der Waals surface area contributed by atoms with E-state index < -0.39 is 0 Å². The number of carbonyl (C=O) groups excluding carboxylic acids is 1. The van der Waals surface area contributed by atoms with E-state index in [0.717, 1.165) is 19.0 Å². The molecule has 2 aliphatic rings. The van der Waals surface area contributed by atoms with Gasteiger partial charge in [0.1, 0.15) is 0 Å². The Balaban J connectivity index is 1.86. The lowest BCUT2D eigenvalue weighted by Crippen LogP contribution is -2.51. The average molecular weight is 266 g/mol. The second-order valence-corrected chi connectivity index (χ2v) is 6.64. The Kier molecular flexibility index (Phi) is 5.26.